The Morgan fingerprint density at radius 3 is 2.38 bits per heavy atom. The van der Waals surface area contributed by atoms with E-state index in [4.69, 9.17) is 22.0 Å². The molecule has 12 heteroatoms. The van der Waals surface area contributed by atoms with Crippen molar-refractivity contribution < 1.29 is 37.6 Å². The molecule has 0 unspecified atom stereocenters. The van der Waals surface area contributed by atoms with E-state index in [9.17, 15) is 22.4 Å². The van der Waals surface area contributed by atoms with E-state index >= 15 is 0 Å². The van der Waals surface area contributed by atoms with E-state index in [-0.39, 0.29) is 16.8 Å². The number of carbonyl (C=O) groups is 2. The highest BCUT2D eigenvalue weighted by atomic mass is 35.5. The van der Waals surface area contributed by atoms with Gasteiger partial charge in [-0.15, -0.1) is 0 Å². The van der Waals surface area contributed by atoms with Gasteiger partial charge in [0.1, 0.15) is 11.4 Å². The molecule has 168 valence electrons. The predicted molar refractivity (Wildman–Crippen MR) is 112 cm³/mol. The fourth-order valence-corrected chi connectivity index (χ4v) is 3.16. The second kappa shape index (κ2) is 10.3. The molecule has 2 aromatic carbocycles. The van der Waals surface area contributed by atoms with Gasteiger partial charge in [-0.05, 0) is 48.9 Å². The van der Waals surface area contributed by atoms with Crippen molar-refractivity contribution in [2.75, 3.05) is 6.26 Å². The zero-order valence-electron chi connectivity index (χ0n) is 16.6. The van der Waals surface area contributed by atoms with E-state index in [0.717, 1.165) is 18.5 Å². The number of halogens is 2. The highest BCUT2D eigenvalue weighted by Gasteiger charge is 2.20. The molecule has 0 atom stereocenters. The van der Waals surface area contributed by atoms with E-state index in [1.165, 1.54) is 24.3 Å². The van der Waals surface area contributed by atoms with Crippen molar-refractivity contribution in [1.29, 1.82) is 0 Å². The van der Waals surface area contributed by atoms with Gasteiger partial charge in [-0.3, -0.25) is 4.89 Å². The fraction of sp³-hybridized carbons (Fsp3) is 0.100. The monoisotopic (exact) mass is 482 g/mol. The van der Waals surface area contributed by atoms with Crippen molar-refractivity contribution in [2.24, 2.45) is 0 Å². The molecule has 1 aromatic heterocycles. The first-order chi connectivity index (χ1) is 14.9. The van der Waals surface area contributed by atoms with Crippen molar-refractivity contribution >= 4 is 33.4 Å². The maximum absolute atomic E-state index is 13.1. The van der Waals surface area contributed by atoms with E-state index < -0.39 is 32.7 Å². The number of nitrogens with zero attached hydrogens (tertiary/aromatic N) is 2. The largest absolute Gasteiger partial charge is 0.478 e. The molecule has 0 fully saturated rings. The lowest BCUT2D eigenvalue weighted by Crippen LogP contribution is -2.10. The lowest BCUT2D eigenvalue weighted by atomic mass is 10.0. The van der Waals surface area contributed by atoms with Crippen molar-refractivity contribution in [3.8, 4) is 11.3 Å². The van der Waals surface area contributed by atoms with Crippen LogP contribution in [0, 0.1) is 12.7 Å². The van der Waals surface area contributed by atoms with Crippen LogP contribution < -0.4 is 0 Å². The number of rotatable bonds is 4. The van der Waals surface area contributed by atoms with Crippen LogP contribution in [0.2, 0.25) is 5.02 Å². The molecule has 0 saturated carbocycles. The quantitative estimate of drug-likeness (QED) is 0.323. The predicted octanol–water partition coefficient (Wildman–Crippen LogP) is 3.66. The molecule has 9 nitrogen and oxygen atoms in total. The second-order valence-electron chi connectivity index (χ2n) is 6.34. The number of hydrogen-bond donors (Lipinski definition) is 2. The molecular weight excluding hydrogens is 467 g/mol. The van der Waals surface area contributed by atoms with E-state index in [2.05, 4.69) is 14.9 Å². The molecule has 0 amide bonds. The lowest BCUT2D eigenvalue weighted by molar-refractivity contribution is -0.182. The second-order valence-corrected chi connectivity index (χ2v) is 8.69. The Balaban J connectivity index is 0.000000278. The van der Waals surface area contributed by atoms with Gasteiger partial charge in [0.15, 0.2) is 0 Å². The van der Waals surface area contributed by atoms with Gasteiger partial charge in [0.25, 0.3) is 0 Å². The number of aryl methyl sites for hydroxylation is 1. The molecule has 0 radical (unpaired) electrons. The third-order valence-electron chi connectivity index (χ3n) is 3.92. The van der Waals surface area contributed by atoms with Gasteiger partial charge in [0.05, 0.1) is 11.3 Å². The Labute approximate surface area is 186 Å². The van der Waals surface area contributed by atoms with Gasteiger partial charge in [-0.2, -0.15) is 5.26 Å². The topological polar surface area (TPSA) is 144 Å². The Kier molecular flexibility index (Phi) is 7.97. The SMILES string of the molecule is Cc1cc(F)ccc1-c1nc(S(C)(=O)=O)ncc1C(=O)O.O=C(OO)c1cccc(Cl)c1. The number of sulfone groups is 1. The van der Waals surface area contributed by atoms with Crippen molar-refractivity contribution in [2.45, 2.75) is 12.1 Å². The number of carbonyl (C=O) groups excluding carboxylic acids is 1. The van der Waals surface area contributed by atoms with Crippen LogP contribution in [0.3, 0.4) is 0 Å². The molecule has 32 heavy (non-hydrogen) atoms. The summed E-state index contributed by atoms with van der Waals surface area (Å²) in [5.41, 5.74) is 0.685. The smallest absolute Gasteiger partial charge is 0.372 e. The van der Waals surface area contributed by atoms with Crippen molar-refractivity contribution in [3.05, 3.63) is 76.2 Å². The zero-order chi connectivity index (χ0) is 24.1. The van der Waals surface area contributed by atoms with Crippen LogP contribution in [0.1, 0.15) is 26.3 Å². The third-order valence-corrected chi connectivity index (χ3v) is 5.01. The highest BCUT2D eigenvalue weighted by Crippen LogP contribution is 2.26. The van der Waals surface area contributed by atoms with Crippen LogP contribution in [-0.2, 0) is 14.7 Å². The van der Waals surface area contributed by atoms with E-state index in [1.807, 2.05) is 0 Å². The summed E-state index contributed by atoms with van der Waals surface area (Å²) in [7, 11) is -3.69. The summed E-state index contributed by atoms with van der Waals surface area (Å²) in [6.45, 7) is 1.58. The van der Waals surface area contributed by atoms with Gasteiger partial charge in [-0.25, -0.2) is 32.4 Å². The van der Waals surface area contributed by atoms with Gasteiger partial charge < -0.3 is 5.11 Å². The van der Waals surface area contributed by atoms with Crippen molar-refractivity contribution in [1.82, 2.24) is 9.97 Å². The van der Waals surface area contributed by atoms with Gasteiger partial charge >= 0.3 is 11.9 Å². The lowest BCUT2D eigenvalue weighted by Gasteiger charge is -2.09. The molecule has 0 spiro atoms. The number of benzene rings is 2. The summed E-state index contributed by atoms with van der Waals surface area (Å²) in [6.07, 6.45) is 1.86. The first-order valence-electron chi connectivity index (χ1n) is 8.62. The molecule has 1 heterocycles. The molecule has 0 saturated heterocycles. The molecular formula is C20H16ClFN2O7S. The minimum atomic E-state index is -3.69. The van der Waals surface area contributed by atoms with Crippen LogP contribution in [-0.4, -0.2) is 46.9 Å². The van der Waals surface area contributed by atoms with E-state index in [1.54, 1.807) is 19.1 Å². The summed E-state index contributed by atoms with van der Waals surface area (Å²) in [4.78, 5) is 32.7. The minimum Gasteiger partial charge on any atom is -0.478 e. The Morgan fingerprint density at radius 1 is 1.16 bits per heavy atom. The Morgan fingerprint density at radius 2 is 1.84 bits per heavy atom. The minimum absolute atomic E-state index is 0.0598. The first-order valence-corrected chi connectivity index (χ1v) is 10.9. The van der Waals surface area contributed by atoms with Crippen LogP contribution in [0.4, 0.5) is 4.39 Å². The zero-order valence-corrected chi connectivity index (χ0v) is 18.2. The van der Waals surface area contributed by atoms with Crippen LogP contribution in [0.15, 0.2) is 53.8 Å². The maximum Gasteiger partial charge on any atom is 0.372 e. The molecule has 2 N–H and O–H groups in total. The molecule has 0 aliphatic heterocycles. The van der Waals surface area contributed by atoms with Crippen LogP contribution >= 0.6 is 11.6 Å². The normalized spacial score (nSPS) is 10.7. The first kappa shape index (κ1) is 24.9. The third kappa shape index (κ3) is 6.30. The van der Waals surface area contributed by atoms with Gasteiger partial charge in [0, 0.05) is 23.0 Å². The molecule has 3 aromatic rings. The fourth-order valence-electron chi connectivity index (χ4n) is 2.47. The summed E-state index contributed by atoms with van der Waals surface area (Å²) >= 11 is 5.56. The van der Waals surface area contributed by atoms with Gasteiger partial charge in [0.2, 0.25) is 15.0 Å². The van der Waals surface area contributed by atoms with E-state index in [0.29, 0.717) is 16.1 Å². The summed E-state index contributed by atoms with van der Waals surface area (Å²) < 4.78 is 36.2. The Hall–Kier alpha value is -3.41. The molecule has 3 rings (SSSR count). The highest BCUT2D eigenvalue weighted by molar-refractivity contribution is 7.90. The number of hydrogen-bond acceptors (Lipinski definition) is 8. The molecule has 0 aliphatic rings. The number of carboxylic acids is 1. The Bertz CT molecular complexity index is 1280. The number of carboxylic acid groups (broad SMARTS) is 1. The van der Waals surface area contributed by atoms with Gasteiger partial charge in [-0.1, -0.05) is 17.7 Å². The number of aromatic carboxylic acids is 1. The van der Waals surface area contributed by atoms with Crippen LogP contribution in [0.5, 0.6) is 0 Å². The molecule has 0 bridgehead atoms. The number of aromatic nitrogens is 2. The maximum atomic E-state index is 13.1. The van der Waals surface area contributed by atoms with Crippen LogP contribution in [0.25, 0.3) is 11.3 Å². The molecule has 0 aliphatic carbocycles. The summed E-state index contributed by atoms with van der Waals surface area (Å²) in [5.74, 6) is -2.59. The standard InChI is InChI=1S/C13H11FN2O4S.C7H5ClO3/c1-7-5-8(14)3-4-9(7)11-10(12(17)18)6-15-13(16-11)21(2,19)20;8-6-3-1-2-5(4-6)7(9)11-10/h3-6H,1-2H3,(H,17,18);1-4,10H. The van der Waals surface area contributed by atoms with Crippen molar-refractivity contribution in [3.63, 3.8) is 0 Å². The summed E-state index contributed by atoms with van der Waals surface area (Å²) in [5, 5.41) is 17.1. The average Bonchev–Trinajstić information content (AvgIpc) is 2.72. The summed E-state index contributed by atoms with van der Waals surface area (Å²) in [6, 6.07) is 9.82. The average molecular weight is 483 g/mol.